The van der Waals surface area contributed by atoms with E-state index in [4.69, 9.17) is 15.2 Å². The molecule has 1 amide bonds. The van der Waals surface area contributed by atoms with Crippen molar-refractivity contribution in [2.24, 2.45) is 0 Å². The molecule has 0 radical (unpaired) electrons. The first-order valence-corrected chi connectivity index (χ1v) is 8.03. The molecule has 0 spiro atoms. The molecule has 3 N–H and O–H groups in total. The smallest absolute Gasteiger partial charge is 0.280 e. The molecular formula is C18H19N5O3. The van der Waals surface area contributed by atoms with Crippen molar-refractivity contribution in [3.8, 4) is 17.2 Å². The van der Waals surface area contributed by atoms with E-state index < -0.39 is 5.91 Å². The molecule has 0 aliphatic heterocycles. The first kappa shape index (κ1) is 17.3. The Balaban J connectivity index is 1.90. The standard InChI is InChI=1S/C18H19N5O3/c1-3-26-14-10-6-4-8-12(14)20-18(24)16-17(19)23(22-21-16)13-9-5-7-11-15(13)25-2/h4-11H,3,19H2,1-2H3,(H,20,24). The van der Waals surface area contributed by atoms with Crippen LogP contribution in [0.3, 0.4) is 0 Å². The van der Waals surface area contributed by atoms with Crippen molar-refractivity contribution in [2.45, 2.75) is 6.92 Å². The summed E-state index contributed by atoms with van der Waals surface area (Å²) in [5, 5.41) is 10.7. The highest BCUT2D eigenvalue weighted by atomic mass is 16.5. The van der Waals surface area contributed by atoms with Gasteiger partial charge in [-0.2, -0.15) is 4.68 Å². The summed E-state index contributed by atoms with van der Waals surface area (Å²) in [7, 11) is 1.55. The highest BCUT2D eigenvalue weighted by Gasteiger charge is 2.21. The SMILES string of the molecule is CCOc1ccccc1NC(=O)c1nnn(-c2ccccc2OC)c1N. The molecule has 8 nitrogen and oxygen atoms in total. The summed E-state index contributed by atoms with van der Waals surface area (Å²) in [4.78, 5) is 12.6. The number of amides is 1. The van der Waals surface area contributed by atoms with Crippen molar-refractivity contribution < 1.29 is 14.3 Å². The normalized spacial score (nSPS) is 10.4. The number of carbonyl (C=O) groups is 1. The number of aromatic nitrogens is 3. The van der Waals surface area contributed by atoms with Crippen LogP contribution in [0.15, 0.2) is 48.5 Å². The van der Waals surface area contributed by atoms with Gasteiger partial charge in [0.25, 0.3) is 5.91 Å². The lowest BCUT2D eigenvalue weighted by molar-refractivity contribution is 0.102. The largest absolute Gasteiger partial charge is 0.494 e. The summed E-state index contributed by atoms with van der Waals surface area (Å²) in [5.41, 5.74) is 7.24. The van der Waals surface area contributed by atoms with E-state index in [1.165, 1.54) is 4.68 Å². The van der Waals surface area contributed by atoms with Gasteiger partial charge < -0.3 is 20.5 Å². The number of ether oxygens (including phenoxy) is 2. The Labute approximate surface area is 150 Å². The molecule has 0 saturated heterocycles. The summed E-state index contributed by atoms with van der Waals surface area (Å²) in [5.74, 6) is 0.772. The second-order valence-corrected chi connectivity index (χ2v) is 5.29. The van der Waals surface area contributed by atoms with Crippen molar-refractivity contribution in [3.05, 3.63) is 54.2 Å². The van der Waals surface area contributed by atoms with Gasteiger partial charge in [0.05, 0.1) is 19.4 Å². The van der Waals surface area contributed by atoms with Crippen molar-refractivity contribution in [3.63, 3.8) is 0 Å². The molecule has 26 heavy (non-hydrogen) atoms. The van der Waals surface area contributed by atoms with Gasteiger partial charge in [-0.25, -0.2) is 0 Å². The topological polar surface area (TPSA) is 104 Å². The van der Waals surface area contributed by atoms with Gasteiger partial charge >= 0.3 is 0 Å². The molecule has 1 aromatic heterocycles. The fraction of sp³-hybridized carbons (Fsp3) is 0.167. The van der Waals surface area contributed by atoms with Gasteiger partial charge in [-0.3, -0.25) is 4.79 Å². The lowest BCUT2D eigenvalue weighted by atomic mass is 10.2. The van der Waals surface area contributed by atoms with Crippen LogP contribution in [-0.4, -0.2) is 34.6 Å². The molecule has 0 atom stereocenters. The lowest BCUT2D eigenvalue weighted by Crippen LogP contribution is -2.16. The summed E-state index contributed by atoms with van der Waals surface area (Å²) >= 11 is 0. The van der Waals surface area contributed by atoms with Gasteiger partial charge in [-0.05, 0) is 31.2 Å². The molecule has 3 rings (SSSR count). The monoisotopic (exact) mass is 353 g/mol. The molecule has 0 bridgehead atoms. The highest BCUT2D eigenvalue weighted by molar-refractivity contribution is 6.06. The minimum Gasteiger partial charge on any atom is -0.494 e. The molecule has 0 fully saturated rings. The van der Waals surface area contributed by atoms with Crippen LogP contribution in [0.4, 0.5) is 11.5 Å². The quantitative estimate of drug-likeness (QED) is 0.705. The van der Waals surface area contributed by atoms with Crippen molar-refractivity contribution in [1.29, 1.82) is 0 Å². The zero-order valence-electron chi connectivity index (χ0n) is 14.5. The maximum Gasteiger partial charge on any atom is 0.280 e. The van der Waals surface area contributed by atoms with Crippen LogP contribution in [0, 0.1) is 0 Å². The first-order chi connectivity index (χ1) is 12.7. The van der Waals surface area contributed by atoms with E-state index in [1.54, 1.807) is 37.4 Å². The number of anilines is 2. The highest BCUT2D eigenvalue weighted by Crippen LogP contribution is 2.27. The molecule has 2 aromatic carbocycles. The molecule has 0 unspecified atom stereocenters. The Morgan fingerprint density at radius 1 is 1.15 bits per heavy atom. The van der Waals surface area contributed by atoms with Crippen LogP contribution in [0.5, 0.6) is 11.5 Å². The third-order valence-electron chi connectivity index (χ3n) is 3.67. The number of carbonyl (C=O) groups excluding carboxylic acids is 1. The number of para-hydroxylation sites is 4. The molecule has 1 heterocycles. The Kier molecular flexibility index (Phi) is 5.02. The Bertz CT molecular complexity index is 923. The van der Waals surface area contributed by atoms with Crippen LogP contribution in [0.1, 0.15) is 17.4 Å². The maximum atomic E-state index is 12.6. The van der Waals surface area contributed by atoms with Crippen molar-refractivity contribution in [2.75, 3.05) is 24.8 Å². The van der Waals surface area contributed by atoms with E-state index in [1.807, 2.05) is 25.1 Å². The molecule has 0 aliphatic carbocycles. The Morgan fingerprint density at radius 2 is 1.85 bits per heavy atom. The molecular weight excluding hydrogens is 334 g/mol. The second-order valence-electron chi connectivity index (χ2n) is 5.29. The number of hydrogen-bond donors (Lipinski definition) is 2. The maximum absolute atomic E-state index is 12.6. The molecule has 134 valence electrons. The predicted octanol–water partition coefficient (Wildman–Crippen LogP) is 2.51. The minimum atomic E-state index is -0.476. The summed E-state index contributed by atoms with van der Waals surface area (Å²) in [6.07, 6.45) is 0. The van der Waals surface area contributed by atoms with Gasteiger partial charge in [0, 0.05) is 0 Å². The zero-order chi connectivity index (χ0) is 18.5. The third-order valence-corrected chi connectivity index (χ3v) is 3.67. The van der Waals surface area contributed by atoms with Crippen LogP contribution in [0.25, 0.3) is 5.69 Å². The molecule has 8 heteroatoms. The Morgan fingerprint density at radius 3 is 2.58 bits per heavy atom. The molecule has 0 aliphatic rings. The summed E-state index contributed by atoms with van der Waals surface area (Å²) < 4.78 is 12.2. The lowest BCUT2D eigenvalue weighted by Gasteiger charge is -2.11. The minimum absolute atomic E-state index is 0.0159. The van der Waals surface area contributed by atoms with E-state index in [2.05, 4.69) is 15.6 Å². The number of nitrogens with one attached hydrogen (secondary N) is 1. The summed E-state index contributed by atoms with van der Waals surface area (Å²) in [6.45, 7) is 2.36. The number of benzene rings is 2. The fourth-order valence-corrected chi connectivity index (χ4v) is 2.47. The van der Waals surface area contributed by atoms with E-state index in [0.29, 0.717) is 29.5 Å². The third kappa shape index (κ3) is 3.30. The van der Waals surface area contributed by atoms with Gasteiger partial charge in [0.2, 0.25) is 0 Å². The van der Waals surface area contributed by atoms with Gasteiger partial charge in [0.15, 0.2) is 11.5 Å². The zero-order valence-corrected chi connectivity index (χ0v) is 14.5. The average Bonchev–Trinajstić information content (AvgIpc) is 3.05. The van der Waals surface area contributed by atoms with Crippen molar-refractivity contribution in [1.82, 2.24) is 15.0 Å². The van der Waals surface area contributed by atoms with E-state index in [-0.39, 0.29) is 11.5 Å². The van der Waals surface area contributed by atoms with Gasteiger partial charge in [0.1, 0.15) is 17.2 Å². The van der Waals surface area contributed by atoms with Crippen LogP contribution >= 0.6 is 0 Å². The second kappa shape index (κ2) is 7.56. The van der Waals surface area contributed by atoms with Crippen LogP contribution in [0.2, 0.25) is 0 Å². The van der Waals surface area contributed by atoms with E-state index in [9.17, 15) is 4.79 Å². The number of rotatable bonds is 6. The summed E-state index contributed by atoms with van der Waals surface area (Å²) in [6, 6.07) is 14.3. The van der Waals surface area contributed by atoms with E-state index >= 15 is 0 Å². The van der Waals surface area contributed by atoms with Gasteiger partial charge in [-0.1, -0.05) is 29.5 Å². The predicted molar refractivity (Wildman–Crippen MR) is 97.9 cm³/mol. The van der Waals surface area contributed by atoms with Crippen LogP contribution < -0.4 is 20.5 Å². The number of hydrogen-bond acceptors (Lipinski definition) is 6. The molecule has 0 saturated carbocycles. The molecule has 3 aromatic rings. The fourth-order valence-electron chi connectivity index (χ4n) is 2.47. The van der Waals surface area contributed by atoms with Crippen LogP contribution in [-0.2, 0) is 0 Å². The number of nitrogens with zero attached hydrogens (tertiary/aromatic N) is 3. The van der Waals surface area contributed by atoms with Crippen molar-refractivity contribution >= 4 is 17.4 Å². The van der Waals surface area contributed by atoms with Gasteiger partial charge in [-0.15, -0.1) is 5.10 Å². The number of methoxy groups -OCH3 is 1. The Hall–Kier alpha value is -3.55. The number of nitrogen functional groups attached to an aromatic ring is 1. The van der Waals surface area contributed by atoms with E-state index in [0.717, 1.165) is 0 Å². The number of nitrogens with two attached hydrogens (primary N) is 1. The first-order valence-electron chi connectivity index (χ1n) is 8.03. The average molecular weight is 353 g/mol.